The maximum Gasteiger partial charge on any atom is 0.223 e. The quantitative estimate of drug-likeness (QED) is 0.859. The first-order chi connectivity index (χ1) is 8.69. The molecule has 0 amide bonds. The van der Waals surface area contributed by atoms with Gasteiger partial charge < -0.3 is 16.0 Å². The van der Waals surface area contributed by atoms with E-state index in [1.54, 1.807) is 0 Å². The second kappa shape index (κ2) is 5.89. The topological polar surface area (TPSA) is 67.1 Å². The Morgan fingerprint density at radius 1 is 1.39 bits per heavy atom. The molecule has 1 aliphatic heterocycles. The minimum atomic E-state index is 0.348. The molecule has 0 bridgehead atoms. The Hall–Kier alpha value is -1.52. The van der Waals surface area contributed by atoms with Crippen LogP contribution in [0.5, 0.6) is 0 Å². The molecular formula is C13H23N5. The number of nitrogen functional groups attached to an aromatic ring is 1. The van der Waals surface area contributed by atoms with Crippen molar-refractivity contribution in [2.45, 2.75) is 33.1 Å². The highest BCUT2D eigenvalue weighted by atomic mass is 15.2. The van der Waals surface area contributed by atoms with E-state index in [1.807, 2.05) is 13.0 Å². The molecule has 0 spiro atoms. The van der Waals surface area contributed by atoms with Crippen LogP contribution in [-0.4, -0.2) is 29.6 Å². The highest BCUT2D eigenvalue weighted by Crippen LogP contribution is 2.23. The number of aromatic nitrogens is 2. The third-order valence-electron chi connectivity index (χ3n) is 3.43. The van der Waals surface area contributed by atoms with E-state index in [4.69, 9.17) is 5.73 Å². The van der Waals surface area contributed by atoms with Gasteiger partial charge in [0.15, 0.2) is 0 Å². The molecule has 0 aliphatic carbocycles. The summed E-state index contributed by atoms with van der Waals surface area (Å²) < 4.78 is 0. The smallest absolute Gasteiger partial charge is 0.223 e. The van der Waals surface area contributed by atoms with E-state index < -0.39 is 0 Å². The van der Waals surface area contributed by atoms with Crippen molar-refractivity contribution in [3.63, 3.8) is 0 Å². The molecule has 2 rings (SSSR count). The third-order valence-corrected chi connectivity index (χ3v) is 3.43. The highest BCUT2D eigenvalue weighted by Gasteiger charge is 2.16. The van der Waals surface area contributed by atoms with E-state index in [9.17, 15) is 0 Å². The van der Waals surface area contributed by atoms with Crippen LogP contribution in [0.15, 0.2) is 6.07 Å². The maximum atomic E-state index is 5.77. The molecule has 1 atom stereocenters. The zero-order valence-electron chi connectivity index (χ0n) is 11.3. The Morgan fingerprint density at radius 3 is 3.00 bits per heavy atom. The van der Waals surface area contributed by atoms with Gasteiger partial charge in [-0.1, -0.05) is 6.92 Å². The summed E-state index contributed by atoms with van der Waals surface area (Å²) in [5.74, 6) is 2.92. The Kier molecular flexibility index (Phi) is 4.23. The Balaban J connectivity index is 2.15. The van der Waals surface area contributed by atoms with Gasteiger partial charge in [0.1, 0.15) is 11.6 Å². The Morgan fingerprint density at radius 2 is 2.22 bits per heavy atom. The average Bonchev–Trinajstić information content (AvgIpc) is 2.54. The summed E-state index contributed by atoms with van der Waals surface area (Å²) in [6.45, 7) is 7.33. The molecule has 3 N–H and O–H groups in total. The fourth-order valence-electron chi connectivity index (χ4n) is 2.38. The molecule has 1 aromatic heterocycles. The van der Waals surface area contributed by atoms with E-state index in [0.717, 1.165) is 37.2 Å². The standard InChI is InChI=1S/C13H23N5/c1-3-15-11-9-12(17-13(14)16-11)18-7-4-5-10(2)6-8-18/h9-10H,3-8H2,1-2H3,(H3,14,15,16,17). The van der Waals surface area contributed by atoms with Crippen LogP contribution < -0.4 is 16.0 Å². The van der Waals surface area contributed by atoms with Gasteiger partial charge in [-0.3, -0.25) is 0 Å². The van der Waals surface area contributed by atoms with Gasteiger partial charge in [-0.2, -0.15) is 9.97 Å². The molecule has 18 heavy (non-hydrogen) atoms. The lowest BCUT2D eigenvalue weighted by Gasteiger charge is -2.22. The molecule has 5 heteroatoms. The molecule has 0 saturated carbocycles. The number of hydrogen-bond donors (Lipinski definition) is 2. The summed E-state index contributed by atoms with van der Waals surface area (Å²) in [7, 11) is 0. The van der Waals surface area contributed by atoms with Crippen molar-refractivity contribution in [1.82, 2.24) is 9.97 Å². The summed E-state index contributed by atoms with van der Waals surface area (Å²) >= 11 is 0. The molecule has 1 aliphatic rings. The van der Waals surface area contributed by atoms with Gasteiger partial charge in [0, 0.05) is 25.7 Å². The van der Waals surface area contributed by atoms with E-state index >= 15 is 0 Å². The summed E-state index contributed by atoms with van der Waals surface area (Å²) in [5, 5.41) is 3.19. The minimum absolute atomic E-state index is 0.348. The predicted octanol–water partition coefficient (Wildman–Crippen LogP) is 2.12. The Labute approximate surface area is 109 Å². The van der Waals surface area contributed by atoms with Crippen molar-refractivity contribution in [3.8, 4) is 0 Å². The number of rotatable bonds is 3. The summed E-state index contributed by atoms with van der Waals surface area (Å²) in [5.41, 5.74) is 5.77. The van der Waals surface area contributed by atoms with Gasteiger partial charge in [-0.25, -0.2) is 0 Å². The zero-order chi connectivity index (χ0) is 13.0. The van der Waals surface area contributed by atoms with Crippen LogP contribution in [-0.2, 0) is 0 Å². The van der Waals surface area contributed by atoms with Crippen LogP contribution in [0.4, 0.5) is 17.6 Å². The van der Waals surface area contributed by atoms with Crippen molar-refractivity contribution in [3.05, 3.63) is 6.07 Å². The normalized spacial score (nSPS) is 20.6. The molecule has 0 radical (unpaired) electrons. The third kappa shape index (κ3) is 3.24. The molecule has 1 aromatic rings. The van der Waals surface area contributed by atoms with Crippen LogP contribution in [0.1, 0.15) is 33.1 Å². The van der Waals surface area contributed by atoms with Crippen LogP contribution in [0, 0.1) is 5.92 Å². The summed E-state index contributed by atoms with van der Waals surface area (Å²) in [6.07, 6.45) is 3.75. The molecule has 0 aromatic carbocycles. The van der Waals surface area contributed by atoms with Crippen molar-refractivity contribution in [1.29, 1.82) is 0 Å². The van der Waals surface area contributed by atoms with Gasteiger partial charge >= 0.3 is 0 Å². The molecule has 1 saturated heterocycles. The van der Waals surface area contributed by atoms with Gasteiger partial charge in [0.05, 0.1) is 0 Å². The van der Waals surface area contributed by atoms with Crippen LogP contribution in [0.25, 0.3) is 0 Å². The predicted molar refractivity (Wildman–Crippen MR) is 75.8 cm³/mol. The van der Waals surface area contributed by atoms with Gasteiger partial charge in [-0.15, -0.1) is 0 Å². The number of nitrogens with zero attached hydrogens (tertiary/aromatic N) is 3. The second-order valence-electron chi connectivity index (χ2n) is 5.02. The first-order valence-corrected chi connectivity index (χ1v) is 6.82. The SMILES string of the molecule is CCNc1cc(N2CCCC(C)CC2)nc(N)n1. The van der Waals surface area contributed by atoms with Crippen LogP contribution in [0.2, 0.25) is 0 Å². The molecular weight excluding hydrogens is 226 g/mol. The van der Waals surface area contributed by atoms with E-state index in [-0.39, 0.29) is 0 Å². The Bertz CT molecular complexity index is 393. The molecule has 1 unspecified atom stereocenters. The fraction of sp³-hybridized carbons (Fsp3) is 0.692. The largest absolute Gasteiger partial charge is 0.370 e. The van der Waals surface area contributed by atoms with Crippen molar-refractivity contribution < 1.29 is 0 Å². The minimum Gasteiger partial charge on any atom is -0.370 e. The fourth-order valence-corrected chi connectivity index (χ4v) is 2.38. The second-order valence-corrected chi connectivity index (χ2v) is 5.02. The number of hydrogen-bond acceptors (Lipinski definition) is 5. The zero-order valence-corrected chi connectivity index (χ0v) is 11.3. The summed E-state index contributed by atoms with van der Waals surface area (Å²) in [4.78, 5) is 10.9. The molecule has 2 heterocycles. The molecule has 5 nitrogen and oxygen atoms in total. The number of nitrogens with two attached hydrogens (primary N) is 1. The monoisotopic (exact) mass is 249 g/mol. The number of nitrogens with one attached hydrogen (secondary N) is 1. The van der Waals surface area contributed by atoms with Gasteiger partial charge in [-0.05, 0) is 32.1 Å². The van der Waals surface area contributed by atoms with Crippen molar-refractivity contribution >= 4 is 17.6 Å². The van der Waals surface area contributed by atoms with E-state index in [2.05, 4.69) is 27.1 Å². The lowest BCUT2D eigenvalue weighted by atomic mass is 10.0. The van der Waals surface area contributed by atoms with Gasteiger partial charge in [0.2, 0.25) is 5.95 Å². The first kappa shape index (κ1) is 12.9. The molecule has 1 fully saturated rings. The van der Waals surface area contributed by atoms with Crippen LogP contribution >= 0.6 is 0 Å². The van der Waals surface area contributed by atoms with E-state index in [0.29, 0.717) is 5.95 Å². The van der Waals surface area contributed by atoms with E-state index in [1.165, 1.54) is 19.3 Å². The lowest BCUT2D eigenvalue weighted by Crippen LogP contribution is -2.25. The van der Waals surface area contributed by atoms with Crippen molar-refractivity contribution in [2.75, 3.05) is 35.6 Å². The molecule has 100 valence electrons. The van der Waals surface area contributed by atoms with Gasteiger partial charge in [0.25, 0.3) is 0 Å². The average molecular weight is 249 g/mol. The number of anilines is 3. The first-order valence-electron chi connectivity index (χ1n) is 6.82. The lowest BCUT2D eigenvalue weighted by molar-refractivity contribution is 0.521. The highest BCUT2D eigenvalue weighted by molar-refractivity contribution is 5.52. The van der Waals surface area contributed by atoms with Crippen molar-refractivity contribution in [2.24, 2.45) is 5.92 Å². The summed E-state index contributed by atoms with van der Waals surface area (Å²) in [6, 6.07) is 2.00. The maximum absolute atomic E-state index is 5.77. The van der Waals surface area contributed by atoms with Crippen LogP contribution in [0.3, 0.4) is 0 Å².